The summed E-state index contributed by atoms with van der Waals surface area (Å²) in [6, 6.07) is 13.6. The lowest BCUT2D eigenvalue weighted by molar-refractivity contribution is -0.139. The highest BCUT2D eigenvalue weighted by atomic mass is 32.1. The Morgan fingerprint density at radius 1 is 1.16 bits per heavy atom. The van der Waals surface area contributed by atoms with Crippen molar-refractivity contribution in [3.05, 3.63) is 76.2 Å². The fraction of sp³-hybridized carbons (Fsp3) is 0.296. The molecule has 0 spiro atoms. The van der Waals surface area contributed by atoms with E-state index in [4.69, 9.17) is 15.9 Å². The summed E-state index contributed by atoms with van der Waals surface area (Å²) in [7, 11) is 0. The number of hydrogen-bond acceptors (Lipinski definition) is 7. The highest BCUT2D eigenvalue weighted by Gasteiger charge is 2.64. The molecule has 2 aliphatic rings. The third-order valence-corrected chi connectivity index (χ3v) is 7.91. The van der Waals surface area contributed by atoms with E-state index >= 15 is 0 Å². The third-order valence-electron chi connectivity index (χ3n) is 6.98. The molecular formula is C27H28N6O4S. The lowest BCUT2D eigenvalue weighted by Crippen LogP contribution is -2.50. The van der Waals surface area contributed by atoms with E-state index in [1.165, 1.54) is 23.6 Å². The molecule has 3 amide bonds. The molecule has 3 aromatic rings. The molecule has 38 heavy (non-hydrogen) atoms. The number of thiophene rings is 1. The number of piperidine rings is 1. The number of rotatable bonds is 9. The maximum atomic E-state index is 13.1. The quantitative estimate of drug-likeness (QED) is 0.246. The molecule has 2 fully saturated rings. The van der Waals surface area contributed by atoms with Crippen LogP contribution in [0, 0.1) is 10.8 Å². The second kappa shape index (κ2) is 10.3. The summed E-state index contributed by atoms with van der Waals surface area (Å²) in [4.78, 5) is 45.4. The fourth-order valence-electron chi connectivity index (χ4n) is 4.80. The molecule has 2 aromatic heterocycles. The van der Waals surface area contributed by atoms with Crippen LogP contribution in [0.15, 0.2) is 60.1 Å². The number of hydrogen-bond donors (Lipinski definition) is 4. The van der Waals surface area contributed by atoms with Crippen LogP contribution >= 0.6 is 11.3 Å². The molecule has 1 saturated carbocycles. The monoisotopic (exact) mass is 532 g/mol. The molecule has 0 radical (unpaired) electrons. The van der Waals surface area contributed by atoms with Crippen LogP contribution < -0.4 is 21.1 Å². The van der Waals surface area contributed by atoms with Crippen molar-refractivity contribution in [2.75, 3.05) is 6.54 Å². The molecule has 0 unspecified atom stereocenters. The van der Waals surface area contributed by atoms with Gasteiger partial charge in [-0.15, -0.1) is 11.3 Å². The molecular weight excluding hydrogens is 504 g/mol. The Bertz CT molecular complexity index is 1380. The Labute approximate surface area is 223 Å². The first-order valence-electron chi connectivity index (χ1n) is 12.2. The molecule has 10 nitrogen and oxygen atoms in total. The van der Waals surface area contributed by atoms with E-state index in [1.807, 2.05) is 30.3 Å². The van der Waals surface area contributed by atoms with Gasteiger partial charge >= 0.3 is 0 Å². The van der Waals surface area contributed by atoms with Crippen molar-refractivity contribution in [1.29, 1.82) is 5.41 Å². The molecule has 5 rings (SSSR count). The normalized spacial score (nSPS) is 21.3. The van der Waals surface area contributed by atoms with Gasteiger partial charge in [0.15, 0.2) is 0 Å². The van der Waals surface area contributed by atoms with E-state index < -0.39 is 11.9 Å². The highest BCUT2D eigenvalue weighted by Crippen LogP contribution is 2.59. The van der Waals surface area contributed by atoms with Crippen LogP contribution in [0.2, 0.25) is 0 Å². The summed E-state index contributed by atoms with van der Waals surface area (Å²) in [5, 5.41) is 14.8. The number of nitrogens with one attached hydrogen (secondary N) is 3. The van der Waals surface area contributed by atoms with Gasteiger partial charge in [-0.05, 0) is 48.6 Å². The first-order chi connectivity index (χ1) is 18.2. The van der Waals surface area contributed by atoms with Crippen molar-refractivity contribution in [3.8, 4) is 11.5 Å². The van der Waals surface area contributed by atoms with Gasteiger partial charge in [0, 0.05) is 21.9 Å². The molecule has 5 N–H and O–H groups in total. The van der Waals surface area contributed by atoms with Gasteiger partial charge in [-0.2, -0.15) is 0 Å². The van der Waals surface area contributed by atoms with E-state index in [0.717, 1.165) is 11.3 Å². The maximum Gasteiger partial charge on any atom is 0.270 e. The lowest BCUT2D eigenvalue weighted by atomic mass is 10.0. The minimum Gasteiger partial charge on any atom is -0.456 e. The number of fused-ring (bicyclic) bond motifs is 1. The van der Waals surface area contributed by atoms with Gasteiger partial charge in [-0.3, -0.25) is 19.8 Å². The van der Waals surface area contributed by atoms with Crippen molar-refractivity contribution in [3.63, 3.8) is 0 Å². The number of amides is 3. The topological polar surface area (TPSA) is 150 Å². The van der Waals surface area contributed by atoms with Gasteiger partial charge in [-0.25, -0.2) is 4.98 Å². The van der Waals surface area contributed by atoms with Crippen molar-refractivity contribution in [1.82, 2.24) is 20.5 Å². The average molecular weight is 533 g/mol. The SMILES string of the molecule is C[C@@]12C[C@@H]1N(C(=O)CNC(=O)c1ccc(Oc3ccccc3)cn1)[C@H](C(=O)NCc1cc(C(=N)N)cs1)C2. The van der Waals surface area contributed by atoms with Gasteiger partial charge in [0.1, 0.15) is 29.1 Å². The zero-order valence-electron chi connectivity index (χ0n) is 20.8. The predicted molar refractivity (Wildman–Crippen MR) is 142 cm³/mol. The number of benzene rings is 1. The summed E-state index contributed by atoms with van der Waals surface area (Å²) in [6.45, 7) is 2.14. The van der Waals surface area contributed by atoms with E-state index in [0.29, 0.717) is 30.0 Å². The van der Waals surface area contributed by atoms with Crippen LogP contribution in [0.1, 0.15) is 40.7 Å². The minimum atomic E-state index is -0.595. The van der Waals surface area contributed by atoms with Crippen molar-refractivity contribution in [2.45, 2.75) is 38.4 Å². The Balaban J connectivity index is 1.16. The van der Waals surface area contributed by atoms with Crippen LogP contribution in [-0.2, 0) is 16.1 Å². The number of likely N-dealkylation sites (tertiary alicyclic amines) is 1. The first kappa shape index (κ1) is 25.4. The molecule has 11 heteroatoms. The standard InChI is InChI=1S/C27H28N6O4S/c1-27-10-21(26(36)31-13-19-9-16(15-38-19)24(28)29)33(22(27)11-27)23(34)14-32-25(35)20-8-7-18(12-30-20)37-17-5-3-2-4-6-17/h2-9,12,15,21-22H,10-11,13-14H2,1H3,(H3,28,29)(H,31,36)(H,32,35)/t21-,22-,27+/m0/s1. The van der Waals surface area contributed by atoms with Gasteiger partial charge < -0.3 is 26.0 Å². The number of nitrogens with two attached hydrogens (primary N) is 1. The minimum absolute atomic E-state index is 0.0127. The number of nitrogen functional groups attached to an aromatic ring is 1. The fourth-order valence-corrected chi connectivity index (χ4v) is 5.63. The van der Waals surface area contributed by atoms with E-state index in [9.17, 15) is 14.4 Å². The maximum absolute atomic E-state index is 13.1. The largest absolute Gasteiger partial charge is 0.456 e. The summed E-state index contributed by atoms with van der Waals surface area (Å²) < 4.78 is 5.69. The van der Waals surface area contributed by atoms with E-state index in [-0.39, 0.29) is 41.3 Å². The van der Waals surface area contributed by atoms with E-state index in [2.05, 4.69) is 22.5 Å². The molecule has 196 valence electrons. The lowest BCUT2D eigenvalue weighted by Gasteiger charge is -2.27. The molecule has 1 aromatic carbocycles. The molecule has 1 aliphatic heterocycles. The number of nitrogens with zero attached hydrogens (tertiary/aromatic N) is 2. The van der Waals surface area contributed by atoms with Gasteiger partial charge in [0.2, 0.25) is 11.8 Å². The highest BCUT2D eigenvalue weighted by molar-refractivity contribution is 7.10. The number of aromatic nitrogens is 1. The summed E-state index contributed by atoms with van der Waals surface area (Å²) in [5.41, 5.74) is 6.21. The summed E-state index contributed by atoms with van der Waals surface area (Å²) >= 11 is 1.41. The molecule has 1 aliphatic carbocycles. The van der Waals surface area contributed by atoms with Crippen LogP contribution in [0.4, 0.5) is 0 Å². The predicted octanol–water partition coefficient (Wildman–Crippen LogP) is 2.65. The molecule has 3 heterocycles. The average Bonchev–Trinajstić information content (AvgIpc) is 3.23. The number of ether oxygens (including phenoxy) is 1. The van der Waals surface area contributed by atoms with Gasteiger partial charge in [0.05, 0.1) is 19.3 Å². The van der Waals surface area contributed by atoms with Gasteiger partial charge in [-0.1, -0.05) is 25.1 Å². The molecule has 3 atom stereocenters. The number of carbonyl (C=O) groups excluding carboxylic acids is 3. The number of pyridine rings is 1. The van der Waals surface area contributed by atoms with Crippen molar-refractivity contribution in [2.24, 2.45) is 11.1 Å². The number of carbonyl (C=O) groups is 3. The zero-order chi connectivity index (χ0) is 26.9. The molecule has 1 saturated heterocycles. The third kappa shape index (κ3) is 5.37. The Kier molecular flexibility index (Phi) is 6.85. The second-order valence-electron chi connectivity index (χ2n) is 9.80. The Hall–Kier alpha value is -4.25. The van der Waals surface area contributed by atoms with Crippen LogP contribution in [0.5, 0.6) is 11.5 Å². The Morgan fingerprint density at radius 2 is 1.95 bits per heavy atom. The second-order valence-corrected chi connectivity index (χ2v) is 10.8. The van der Waals surface area contributed by atoms with E-state index in [1.54, 1.807) is 22.4 Å². The first-order valence-corrected chi connectivity index (χ1v) is 13.1. The summed E-state index contributed by atoms with van der Waals surface area (Å²) in [5.74, 6) is 0.109. The van der Waals surface area contributed by atoms with Crippen molar-refractivity contribution < 1.29 is 19.1 Å². The molecule has 0 bridgehead atoms. The number of para-hydroxylation sites is 1. The number of amidine groups is 1. The van der Waals surface area contributed by atoms with Gasteiger partial charge in [0.25, 0.3) is 5.91 Å². The van der Waals surface area contributed by atoms with Crippen LogP contribution in [0.25, 0.3) is 0 Å². The smallest absolute Gasteiger partial charge is 0.270 e. The summed E-state index contributed by atoms with van der Waals surface area (Å²) in [6.07, 6.45) is 2.87. The van der Waals surface area contributed by atoms with Crippen LogP contribution in [0.3, 0.4) is 0 Å². The van der Waals surface area contributed by atoms with Crippen LogP contribution in [-0.4, -0.2) is 52.1 Å². The zero-order valence-corrected chi connectivity index (χ0v) is 21.6. The Morgan fingerprint density at radius 3 is 2.63 bits per heavy atom. The van der Waals surface area contributed by atoms with Crippen molar-refractivity contribution >= 4 is 34.9 Å².